The van der Waals surface area contributed by atoms with Crippen LogP contribution in [-0.4, -0.2) is 39.8 Å². The van der Waals surface area contributed by atoms with E-state index in [0.717, 1.165) is 16.5 Å². The fourth-order valence-corrected chi connectivity index (χ4v) is 4.24. The van der Waals surface area contributed by atoms with Gasteiger partial charge in [-0.2, -0.15) is 0 Å². The number of carbonyl (C=O) groups is 2. The van der Waals surface area contributed by atoms with E-state index >= 15 is 0 Å². The molecule has 2 heterocycles. The van der Waals surface area contributed by atoms with Crippen molar-refractivity contribution in [1.29, 1.82) is 0 Å². The highest BCUT2D eigenvalue weighted by Crippen LogP contribution is 2.42. The van der Waals surface area contributed by atoms with Crippen molar-refractivity contribution < 1.29 is 19.4 Å². The highest BCUT2D eigenvalue weighted by molar-refractivity contribution is 6.46. The van der Waals surface area contributed by atoms with Crippen LogP contribution in [0.2, 0.25) is 5.02 Å². The van der Waals surface area contributed by atoms with Crippen LogP contribution in [0.4, 0.5) is 0 Å². The second-order valence-electron chi connectivity index (χ2n) is 7.36. The van der Waals surface area contributed by atoms with Gasteiger partial charge in [0.15, 0.2) is 0 Å². The maximum absolute atomic E-state index is 13.0. The first-order valence-corrected chi connectivity index (χ1v) is 10.6. The number of nitrogens with zero attached hydrogens (tertiary/aromatic N) is 1. The van der Waals surface area contributed by atoms with Crippen LogP contribution < -0.4 is 4.74 Å². The SMILES string of the molecule is CCCN1C(=O)C(=O)/C(=C(/O)c2ccc(Cl)c(OCC)c2)C1c1c[nH]c2ccccc12. The summed E-state index contributed by atoms with van der Waals surface area (Å²) in [6, 6.07) is 11.8. The second kappa shape index (κ2) is 8.47. The number of halogens is 1. The average molecular weight is 439 g/mol. The number of Topliss-reactive ketones (excluding diaryl/α,β-unsaturated/α-hetero) is 1. The van der Waals surface area contributed by atoms with Crippen LogP contribution in [-0.2, 0) is 9.59 Å². The van der Waals surface area contributed by atoms with E-state index in [0.29, 0.717) is 35.9 Å². The number of likely N-dealkylation sites (tertiary alicyclic amines) is 1. The summed E-state index contributed by atoms with van der Waals surface area (Å²) >= 11 is 6.17. The number of H-pyrrole nitrogens is 1. The van der Waals surface area contributed by atoms with Crippen molar-refractivity contribution in [2.45, 2.75) is 26.3 Å². The number of amides is 1. The number of nitrogens with one attached hydrogen (secondary N) is 1. The van der Waals surface area contributed by atoms with Crippen LogP contribution in [0.25, 0.3) is 16.7 Å². The van der Waals surface area contributed by atoms with E-state index in [4.69, 9.17) is 16.3 Å². The summed E-state index contributed by atoms with van der Waals surface area (Å²) in [4.78, 5) is 30.7. The highest BCUT2D eigenvalue weighted by atomic mass is 35.5. The number of aromatic nitrogens is 1. The van der Waals surface area contributed by atoms with Crippen molar-refractivity contribution in [3.63, 3.8) is 0 Å². The number of aliphatic hydroxyl groups is 1. The molecule has 7 heteroatoms. The van der Waals surface area contributed by atoms with Gasteiger partial charge in [-0.05, 0) is 37.6 Å². The summed E-state index contributed by atoms with van der Waals surface area (Å²) in [6.45, 7) is 4.58. The summed E-state index contributed by atoms with van der Waals surface area (Å²) in [5.74, 6) is -1.16. The highest BCUT2D eigenvalue weighted by Gasteiger charge is 2.46. The maximum atomic E-state index is 13.0. The minimum Gasteiger partial charge on any atom is -0.507 e. The summed E-state index contributed by atoms with van der Waals surface area (Å²) in [5, 5.41) is 12.5. The monoisotopic (exact) mass is 438 g/mol. The van der Waals surface area contributed by atoms with E-state index < -0.39 is 17.7 Å². The number of rotatable bonds is 6. The van der Waals surface area contributed by atoms with Gasteiger partial charge in [0.25, 0.3) is 11.7 Å². The van der Waals surface area contributed by atoms with E-state index in [1.165, 1.54) is 4.90 Å². The molecule has 3 aromatic rings. The van der Waals surface area contributed by atoms with Gasteiger partial charge < -0.3 is 19.7 Å². The van der Waals surface area contributed by atoms with Gasteiger partial charge in [-0.25, -0.2) is 0 Å². The molecule has 1 aliphatic rings. The average Bonchev–Trinajstić information content (AvgIpc) is 3.29. The molecule has 2 N–H and O–H groups in total. The third kappa shape index (κ3) is 3.57. The third-order valence-electron chi connectivity index (χ3n) is 5.42. The van der Waals surface area contributed by atoms with Gasteiger partial charge in [0.1, 0.15) is 11.5 Å². The van der Waals surface area contributed by atoms with Crippen LogP contribution in [0.3, 0.4) is 0 Å². The quantitative estimate of drug-likeness (QED) is 0.320. The molecule has 0 spiro atoms. The smallest absolute Gasteiger partial charge is 0.295 e. The van der Waals surface area contributed by atoms with Gasteiger partial charge in [-0.3, -0.25) is 9.59 Å². The lowest BCUT2D eigenvalue weighted by Crippen LogP contribution is -2.30. The molecule has 1 fully saturated rings. The van der Waals surface area contributed by atoms with E-state index in [1.807, 2.05) is 38.1 Å². The Morgan fingerprint density at radius 3 is 2.71 bits per heavy atom. The minimum atomic E-state index is -0.700. The maximum Gasteiger partial charge on any atom is 0.295 e. The Hall–Kier alpha value is -3.25. The first kappa shape index (κ1) is 21.0. The standard InChI is InChI=1S/C24H23ClN2O4/c1-3-11-27-21(16-13-26-18-8-6-5-7-15(16)18)20(23(29)24(27)30)22(28)14-9-10-17(25)19(12-14)31-4-2/h5-10,12-13,21,26,28H,3-4,11H2,1-2H3/b22-20+. The van der Waals surface area contributed by atoms with E-state index in [2.05, 4.69) is 4.98 Å². The molecule has 0 saturated carbocycles. The Bertz CT molecular complexity index is 1200. The second-order valence-corrected chi connectivity index (χ2v) is 7.77. The van der Waals surface area contributed by atoms with Gasteiger partial charge in [-0.15, -0.1) is 0 Å². The first-order chi connectivity index (χ1) is 15.0. The summed E-state index contributed by atoms with van der Waals surface area (Å²) in [5.41, 5.74) is 2.09. The van der Waals surface area contributed by atoms with Gasteiger partial charge in [0.05, 0.1) is 23.2 Å². The lowest BCUT2D eigenvalue weighted by molar-refractivity contribution is -0.139. The van der Waals surface area contributed by atoms with Crippen LogP contribution >= 0.6 is 11.6 Å². The third-order valence-corrected chi connectivity index (χ3v) is 5.74. The number of hydrogen-bond donors (Lipinski definition) is 2. The number of aromatic amines is 1. The Balaban J connectivity index is 1.92. The van der Waals surface area contributed by atoms with Crippen LogP contribution in [0.1, 0.15) is 37.4 Å². The number of fused-ring (bicyclic) bond motifs is 1. The first-order valence-electron chi connectivity index (χ1n) is 10.2. The number of carbonyl (C=O) groups excluding carboxylic acids is 2. The molecule has 160 valence electrons. The van der Waals surface area contributed by atoms with Crippen molar-refractivity contribution in [2.24, 2.45) is 0 Å². The number of benzene rings is 2. The van der Waals surface area contributed by atoms with Crippen molar-refractivity contribution in [2.75, 3.05) is 13.2 Å². The zero-order chi connectivity index (χ0) is 22.1. The number of ketones is 1. The lowest BCUT2D eigenvalue weighted by Gasteiger charge is -2.24. The van der Waals surface area contributed by atoms with Crippen LogP contribution in [0, 0.1) is 0 Å². The predicted octanol–water partition coefficient (Wildman–Crippen LogP) is 5.05. The summed E-state index contributed by atoms with van der Waals surface area (Å²) in [6.07, 6.45) is 2.48. The molecule has 31 heavy (non-hydrogen) atoms. The molecule has 1 atom stereocenters. The fraction of sp³-hybridized carbons (Fsp3) is 0.250. The fourth-order valence-electron chi connectivity index (χ4n) is 4.07. The Labute approximate surface area is 185 Å². The molecule has 1 unspecified atom stereocenters. The number of ether oxygens (including phenoxy) is 1. The number of para-hydroxylation sites is 1. The molecule has 6 nitrogen and oxygen atoms in total. The molecule has 4 rings (SSSR count). The van der Waals surface area contributed by atoms with E-state index in [-0.39, 0.29) is 11.3 Å². The Morgan fingerprint density at radius 1 is 1.19 bits per heavy atom. The molecule has 0 aliphatic carbocycles. The molecule has 1 saturated heterocycles. The predicted molar refractivity (Wildman–Crippen MR) is 120 cm³/mol. The van der Waals surface area contributed by atoms with Gasteiger partial charge in [-0.1, -0.05) is 36.7 Å². The lowest BCUT2D eigenvalue weighted by atomic mass is 9.95. The molecule has 0 radical (unpaired) electrons. The Morgan fingerprint density at radius 2 is 1.97 bits per heavy atom. The van der Waals surface area contributed by atoms with Gasteiger partial charge in [0, 0.05) is 34.8 Å². The summed E-state index contributed by atoms with van der Waals surface area (Å²) in [7, 11) is 0. The molecule has 1 aliphatic heterocycles. The zero-order valence-electron chi connectivity index (χ0n) is 17.3. The zero-order valence-corrected chi connectivity index (χ0v) is 18.1. The van der Waals surface area contributed by atoms with Crippen molar-refractivity contribution in [3.8, 4) is 5.75 Å². The van der Waals surface area contributed by atoms with Crippen molar-refractivity contribution >= 4 is 40.0 Å². The van der Waals surface area contributed by atoms with Gasteiger partial charge >= 0.3 is 0 Å². The normalized spacial score (nSPS) is 18.2. The van der Waals surface area contributed by atoms with E-state index in [1.54, 1.807) is 24.4 Å². The van der Waals surface area contributed by atoms with Crippen molar-refractivity contribution in [1.82, 2.24) is 9.88 Å². The summed E-state index contributed by atoms with van der Waals surface area (Å²) < 4.78 is 5.52. The van der Waals surface area contributed by atoms with Crippen LogP contribution in [0.15, 0.2) is 54.2 Å². The van der Waals surface area contributed by atoms with Crippen molar-refractivity contribution in [3.05, 3.63) is 70.4 Å². The molecule has 2 aromatic carbocycles. The van der Waals surface area contributed by atoms with Crippen LogP contribution in [0.5, 0.6) is 5.75 Å². The number of aliphatic hydroxyl groups excluding tert-OH is 1. The Kier molecular flexibility index (Phi) is 5.74. The molecule has 0 bridgehead atoms. The molecular formula is C24H23ClN2O4. The topological polar surface area (TPSA) is 82.6 Å². The molecular weight excluding hydrogens is 416 g/mol. The number of hydrogen-bond acceptors (Lipinski definition) is 4. The molecule has 1 amide bonds. The van der Waals surface area contributed by atoms with Gasteiger partial charge in [0.2, 0.25) is 0 Å². The molecule has 1 aromatic heterocycles. The minimum absolute atomic E-state index is 0.0629. The van der Waals surface area contributed by atoms with E-state index in [9.17, 15) is 14.7 Å². The largest absolute Gasteiger partial charge is 0.507 e.